The van der Waals surface area contributed by atoms with Crippen molar-refractivity contribution >= 4 is 0 Å². The number of rotatable bonds is 4. The quantitative estimate of drug-likeness (QED) is 0.917. The molecule has 0 aliphatic carbocycles. The van der Waals surface area contributed by atoms with Crippen LogP contribution in [0.4, 0.5) is 4.39 Å². The number of hydrogen-bond acceptors (Lipinski definition) is 5. The molecular formula is C18H23FN4O2. The average molecular weight is 346 g/mol. The molecule has 0 saturated carbocycles. The molecule has 4 rings (SSSR count). The van der Waals surface area contributed by atoms with Crippen LogP contribution in [0.2, 0.25) is 0 Å². The molecule has 2 aliphatic heterocycles. The van der Waals surface area contributed by atoms with E-state index in [4.69, 9.17) is 9.47 Å². The lowest BCUT2D eigenvalue weighted by molar-refractivity contribution is 0.0694. The summed E-state index contributed by atoms with van der Waals surface area (Å²) in [6, 6.07) is 6.98. The molecule has 7 heteroatoms. The Hall–Kier alpha value is -1.83. The van der Waals surface area contributed by atoms with Gasteiger partial charge in [0.1, 0.15) is 11.5 Å². The molecule has 1 aromatic heterocycles. The van der Waals surface area contributed by atoms with E-state index in [0.717, 1.165) is 50.4 Å². The standard InChI is InChI=1S/C18H23FN4O2/c19-15-3-1-2-14(8-15)18-17-12-25-11-13(10-23(17)22-21-18)9-20-16-4-6-24-7-5-16/h1-3,8,13,16,20H,4-7,9-12H2. The lowest BCUT2D eigenvalue weighted by atomic mass is 10.1. The molecule has 1 unspecified atom stereocenters. The fraction of sp³-hybridized carbons (Fsp3) is 0.556. The third-order valence-electron chi connectivity index (χ3n) is 4.88. The van der Waals surface area contributed by atoms with Gasteiger partial charge in [0, 0.05) is 43.8 Å². The van der Waals surface area contributed by atoms with Gasteiger partial charge in [-0.3, -0.25) is 0 Å². The van der Waals surface area contributed by atoms with E-state index in [1.54, 1.807) is 6.07 Å². The number of fused-ring (bicyclic) bond motifs is 1. The molecule has 3 heterocycles. The number of hydrogen-bond donors (Lipinski definition) is 1. The van der Waals surface area contributed by atoms with Gasteiger partial charge in [-0.25, -0.2) is 9.07 Å². The van der Waals surface area contributed by atoms with E-state index in [0.29, 0.717) is 30.9 Å². The first-order valence-corrected chi connectivity index (χ1v) is 8.87. The van der Waals surface area contributed by atoms with E-state index < -0.39 is 0 Å². The van der Waals surface area contributed by atoms with Crippen molar-refractivity contribution in [2.24, 2.45) is 5.92 Å². The summed E-state index contributed by atoms with van der Waals surface area (Å²) in [5.41, 5.74) is 2.36. The Balaban J connectivity index is 1.44. The van der Waals surface area contributed by atoms with Gasteiger partial charge in [0.25, 0.3) is 0 Å². The Morgan fingerprint density at radius 2 is 2.12 bits per heavy atom. The van der Waals surface area contributed by atoms with Crippen molar-refractivity contribution in [1.29, 1.82) is 0 Å². The smallest absolute Gasteiger partial charge is 0.123 e. The SMILES string of the molecule is Fc1cccc(-c2nnn3c2COCC(CNC2CCOCC2)C3)c1. The number of nitrogens with zero attached hydrogens (tertiary/aromatic N) is 3. The van der Waals surface area contributed by atoms with Crippen LogP contribution in [-0.4, -0.2) is 47.4 Å². The molecule has 25 heavy (non-hydrogen) atoms. The van der Waals surface area contributed by atoms with Crippen LogP contribution in [0.1, 0.15) is 18.5 Å². The third kappa shape index (κ3) is 3.89. The number of aromatic nitrogens is 3. The van der Waals surface area contributed by atoms with E-state index in [9.17, 15) is 4.39 Å². The second-order valence-electron chi connectivity index (χ2n) is 6.75. The molecule has 0 spiro atoms. The van der Waals surface area contributed by atoms with Gasteiger partial charge in [-0.15, -0.1) is 5.10 Å². The van der Waals surface area contributed by atoms with Crippen LogP contribution < -0.4 is 5.32 Å². The van der Waals surface area contributed by atoms with E-state index >= 15 is 0 Å². The monoisotopic (exact) mass is 346 g/mol. The molecule has 2 aliphatic rings. The largest absolute Gasteiger partial charge is 0.381 e. The van der Waals surface area contributed by atoms with E-state index in [-0.39, 0.29) is 5.82 Å². The molecule has 1 N–H and O–H groups in total. The second kappa shape index (κ2) is 7.59. The van der Waals surface area contributed by atoms with Crippen molar-refractivity contribution in [3.8, 4) is 11.3 Å². The van der Waals surface area contributed by atoms with E-state index in [2.05, 4.69) is 15.6 Å². The van der Waals surface area contributed by atoms with Crippen molar-refractivity contribution in [3.63, 3.8) is 0 Å². The molecular weight excluding hydrogens is 323 g/mol. The van der Waals surface area contributed by atoms with Gasteiger partial charge in [0.05, 0.1) is 18.9 Å². The van der Waals surface area contributed by atoms with Crippen molar-refractivity contribution in [3.05, 3.63) is 35.8 Å². The van der Waals surface area contributed by atoms with E-state index in [1.807, 2.05) is 10.7 Å². The lowest BCUT2D eigenvalue weighted by Crippen LogP contribution is -2.39. The van der Waals surface area contributed by atoms with Gasteiger partial charge in [-0.2, -0.15) is 0 Å². The zero-order chi connectivity index (χ0) is 17.1. The number of benzene rings is 1. The third-order valence-corrected chi connectivity index (χ3v) is 4.88. The summed E-state index contributed by atoms with van der Waals surface area (Å²) in [6.07, 6.45) is 2.12. The Kier molecular flexibility index (Phi) is 5.05. The molecule has 0 amide bonds. The van der Waals surface area contributed by atoms with Crippen molar-refractivity contribution < 1.29 is 13.9 Å². The first-order chi connectivity index (χ1) is 12.3. The summed E-state index contributed by atoms with van der Waals surface area (Å²) < 4.78 is 26.7. The zero-order valence-electron chi connectivity index (χ0n) is 14.2. The summed E-state index contributed by atoms with van der Waals surface area (Å²) in [5.74, 6) is 0.0680. The van der Waals surface area contributed by atoms with Crippen LogP contribution in [0, 0.1) is 11.7 Å². The van der Waals surface area contributed by atoms with Crippen LogP contribution in [-0.2, 0) is 22.6 Å². The predicted molar refractivity (Wildman–Crippen MR) is 90.4 cm³/mol. The second-order valence-corrected chi connectivity index (χ2v) is 6.75. The number of ether oxygens (including phenoxy) is 2. The minimum atomic E-state index is -0.271. The average Bonchev–Trinajstić information content (AvgIpc) is 2.92. The minimum Gasteiger partial charge on any atom is -0.381 e. The molecule has 1 fully saturated rings. The van der Waals surface area contributed by atoms with Gasteiger partial charge >= 0.3 is 0 Å². The van der Waals surface area contributed by atoms with Crippen LogP contribution in [0.3, 0.4) is 0 Å². The molecule has 1 saturated heterocycles. The molecule has 6 nitrogen and oxygen atoms in total. The van der Waals surface area contributed by atoms with Gasteiger partial charge in [-0.1, -0.05) is 17.3 Å². The highest BCUT2D eigenvalue weighted by atomic mass is 19.1. The first kappa shape index (κ1) is 16.6. The van der Waals surface area contributed by atoms with Crippen LogP contribution in [0.25, 0.3) is 11.3 Å². The molecule has 2 aromatic rings. The topological polar surface area (TPSA) is 61.2 Å². The van der Waals surface area contributed by atoms with Gasteiger partial charge in [0.15, 0.2) is 0 Å². The Morgan fingerprint density at radius 3 is 2.96 bits per heavy atom. The van der Waals surface area contributed by atoms with Crippen LogP contribution >= 0.6 is 0 Å². The summed E-state index contributed by atoms with van der Waals surface area (Å²) >= 11 is 0. The Bertz CT molecular complexity index is 715. The summed E-state index contributed by atoms with van der Waals surface area (Å²) in [7, 11) is 0. The lowest BCUT2D eigenvalue weighted by Gasteiger charge is -2.25. The highest BCUT2D eigenvalue weighted by Gasteiger charge is 2.23. The maximum Gasteiger partial charge on any atom is 0.123 e. The molecule has 0 radical (unpaired) electrons. The summed E-state index contributed by atoms with van der Waals surface area (Å²) in [5, 5.41) is 12.2. The summed E-state index contributed by atoms with van der Waals surface area (Å²) in [6.45, 7) is 4.45. The van der Waals surface area contributed by atoms with Crippen molar-refractivity contribution in [2.45, 2.75) is 32.0 Å². The maximum absolute atomic E-state index is 13.5. The van der Waals surface area contributed by atoms with Crippen LogP contribution in [0.15, 0.2) is 24.3 Å². The van der Waals surface area contributed by atoms with E-state index in [1.165, 1.54) is 12.1 Å². The number of halogens is 1. The zero-order valence-corrected chi connectivity index (χ0v) is 14.2. The highest BCUT2D eigenvalue weighted by Crippen LogP contribution is 2.25. The van der Waals surface area contributed by atoms with Crippen molar-refractivity contribution in [2.75, 3.05) is 26.4 Å². The molecule has 1 aromatic carbocycles. The molecule has 134 valence electrons. The van der Waals surface area contributed by atoms with Gasteiger partial charge in [0.2, 0.25) is 0 Å². The van der Waals surface area contributed by atoms with Gasteiger partial charge < -0.3 is 14.8 Å². The molecule has 0 bridgehead atoms. The highest BCUT2D eigenvalue weighted by molar-refractivity contribution is 5.61. The normalized spacial score (nSPS) is 21.7. The molecule has 1 atom stereocenters. The fourth-order valence-corrected chi connectivity index (χ4v) is 3.46. The van der Waals surface area contributed by atoms with Crippen molar-refractivity contribution in [1.82, 2.24) is 20.3 Å². The van der Waals surface area contributed by atoms with Gasteiger partial charge in [-0.05, 0) is 25.0 Å². The Labute approximate surface area is 146 Å². The van der Waals surface area contributed by atoms with Crippen LogP contribution in [0.5, 0.6) is 0 Å². The first-order valence-electron chi connectivity index (χ1n) is 8.87. The fourth-order valence-electron chi connectivity index (χ4n) is 3.46. The minimum absolute atomic E-state index is 0.271. The maximum atomic E-state index is 13.5. The Morgan fingerprint density at radius 1 is 1.24 bits per heavy atom. The number of nitrogens with one attached hydrogen (secondary N) is 1. The predicted octanol–water partition coefficient (Wildman–Crippen LogP) is 2.00. The summed E-state index contributed by atoms with van der Waals surface area (Å²) in [4.78, 5) is 0.